The number of anilines is 2. The highest BCUT2D eigenvalue weighted by Crippen LogP contribution is 2.50. The first-order valence-electron chi connectivity index (χ1n) is 12.3. The van der Waals surface area contributed by atoms with Crippen LogP contribution in [0.15, 0.2) is 10.6 Å². The summed E-state index contributed by atoms with van der Waals surface area (Å²) in [7, 11) is 0. The third-order valence-electron chi connectivity index (χ3n) is 8.11. The van der Waals surface area contributed by atoms with Gasteiger partial charge in [0.2, 0.25) is 23.3 Å². The molecule has 0 aliphatic carbocycles. The van der Waals surface area contributed by atoms with E-state index < -0.39 is 53.3 Å². The van der Waals surface area contributed by atoms with E-state index >= 15 is 4.39 Å². The Morgan fingerprint density at radius 1 is 1.13 bits per heavy atom. The van der Waals surface area contributed by atoms with E-state index in [9.17, 15) is 24.0 Å². The average molecular weight is 528 g/mol. The fraction of sp³-hybridized carbons (Fsp3) is 0.500. The molecule has 0 unspecified atom stereocenters. The lowest BCUT2D eigenvalue weighted by molar-refractivity contribution is -0.152. The van der Waals surface area contributed by atoms with Gasteiger partial charge in [-0.1, -0.05) is 5.16 Å². The summed E-state index contributed by atoms with van der Waals surface area (Å²) in [4.78, 5) is 68.4. The Hall–Kier alpha value is -4.23. The second-order valence-electron chi connectivity index (χ2n) is 10.4. The Morgan fingerprint density at radius 3 is 2.42 bits per heavy atom. The number of fused-ring (bicyclic) bond motifs is 5. The number of carbonyl (C=O) groups is 5. The van der Waals surface area contributed by atoms with Crippen LogP contribution in [0.3, 0.4) is 0 Å². The number of benzene rings is 1. The van der Waals surface area contributed by atoms with Crippen LogP contribution in [0, 0.1) is 11.2 Å². The van der Waals surface area contributed by atoms with Crippen molar-refractivity contribution in [3.05, 3.63) is 17.4 Å². The van der Waals surface area contributed by atoms with Gasteiger partial charge >= 0.3 is 12.1 Å². The second kappa shape index (κ2) is 7.88. The van der Waals surface area contributed by atoms with Crippen molar-refractivity contribution in [2.45, 2.75) is 58.3 Å². The number of barbiturate groups is 1. The minimum Gasteiger partial charge on any atom is -0.447 e. The number of aromatic nitrogens is 1. The molecule has 3 fully saturated rings. The fourth-order valence-corrected chi connectivity index (χ4v) is 6.70. The van der Waals surface area contributed by atoms with E-state index in [0.717, 1.165) is 0 Å². The Morgan fingerprint density at radius 2 is 1.82 bits per heavy atom. The fourth-order valence-electron chi connectivity index (χ4n) is 6.70. The van der Waals surface area contributed by atoms with Gasteiger partial charge in [0.25, 0.3) is 0 Å². The number of halogens is 1. The molecule has 1 aromatic heterocycles. The summed E-state index contributed by atoms with van der Waals surface area (Å²) >= 11 is 0. The number of hydrogen-bond donors (Lipinski definition) is 2. The van der Waals surface area contributed by atoms with Crippen molar-refractivity contribution in [2.75, 3.05) is 23.0 Å². The lowest BCUT2D eigenvalue weighted by atomic mass is 9.65. The molecule has 0 bridgehead atoms. The minimum absolute atomic E-state index is 0.0590. The van der Waals surface area contributed by atoms with Crippen LogP contribution in [0.4, 0.5) is 25.5 Å². The molecular formula is C24H25FN6O7. The molecule has 13 nitrogen and oxygen atoms in total. The summed E-state index contributed by atoms with van der Waals surface area (Å²) in [6.07, 6.45) is -0.925. The largest absolute Gasteiger partial charge is 0.447 e. The third-order valence-corrected chi connectivity index (χ3v) is 8.11. The van der Waals surface area contributed by atoms with Gasteiger partial charge in [0.05, 0.1) is 29.2 Å². The molecule has 38 heavy (non-hydrogen) atoms. The van der Waals surface area contributed by atoms with Crippen LogP contribution in [-0.4, -0.2) is 77.2 Å². The molecule has 6 amide bonds. The Balaban J connectivity index is 1.59. The lowest BCUT2D eigenvalue weighted by Gasteiger charge is -2.58. The maximum Gasteiger partial charge on any atom is 0.416 e. The highest BCUT2D eigenvalue weighted by atomic mass is 19.1. The molecule has 14 heteroatoms. The minimum atomic E-state index is -1.86. The summed E-state index contributed by atoms with van der Waals surface area (Å²) in [5.74, 6) is -2.64. The zero-order chi connectivity index (χ0) is 27.3. The summed E-state index contributed by atoms with van der Waals surface area (Å²) < 4.78 is 26.7. The quantitative estimate of drug-likeness (QED) is 0.517. The Bertz CT molecular complexity index is 1440. The molecule has 2 aromatic rings. The van der Waals surface area contributed by atoms with Gasteiger partial charge < -0.3 is 19.1 Å². The normalized spacial score (nSPS) is 28.3. The second-order valence-corrected chi connectivity index (χ2v) is 10.4. The number of imide groups is 2. The molecule has 200 valence electrons. The van der Waals surface area contributed by atoms with Gasteiger partial charge in [0, 0.05) is 25.9 Å². The standard InChI is InChI=1S/C24H25FN6O7/c1-9-7-29-16-13(5-14-17(15(16)25)38-28-19(14)31-10(2)8-37-23(31)36)6-24(18(29)11(3)30(9)12(4)32)20(33)26-22(35)27-21(24)34/h5,9-11,18H,6-8H2,1-4H3,(H2,26,27,33,34,35)/t9-,10+,11+,18-/m1/s1. The van der Waals surface area contributed by atoms with Gasteiger partial charge in [-0.05, 0) is 32.4 Å². The van der Waals surface area contributed by atoms with Crippen LogP contribution < -0.4 is 20.4 Å². The summed E-state index contributed by atoms with van der Waals surface area (Å²) in [6.45, 7) is 6.85. The molecule has 6 rings (SSSR count). The number of piperazine rings is 1. The van der Waals surface area contributed by atoms with Gasteiger partial charge in [0.1, 0.15) is 6.61 Å². The maximum absolute atomic E-state index is 16.3. The van der Waals surface area contributed by atoms with Gasteiger partial charge in [-0.2, -0.15) is 0 Å². The van der Waals surface area contributed by atoms with Gasteiger partial charge in [0.15, 0.2) is 17.1 Å². The molecule has 1 spiro atoms. The third kappa shape index (κ3) is 2.96. The van der Waals surface area contributed by atoms with E-state index in [1.54, 1.807) is 36.6 Å². The van der Waals surface area contributed by atoms with Crippen molar-refractivity contribution >= 4 is 52.3 Å². The molecule has 3 saturated heterocycles. The van der Waals surface area contributed by atoms with Crippen molar-refractivity contribution in [3.63, 3.8) is 0 Å². The maximum atomic E-state index is 16.3. The van der Waals surface area contributed by atoms with Crippen LogP contribution in [0.1, 0.15) is 33.3 Å². The van der Waals surface area contributed by atoms with E-state index in [2.05, 4.69) is 15.8 Å². The first-order chi connectivity index (χ1) is 18.0. The summed E-state index contributed by atoms with van der Waals surface area (Å²) in [5, 5.41) is 8.52. The number of hydrogen-bond acceptors (Lipinski definition) is 9. The molecule has 0 saturated carbocycles. The lowest BCUT2D eigenvalue weighted by Crippen LogP contribution is -2.78. The highest BCUT2D eigenvalue weighted by Gasteiger charge is 2.64. The number of urea groups is 1. The van der Waals surface area contributed by atoms with Crippen LogP contribution in [0.25, 0.3) is 11.0 Å². The van der Waals surface area contributed by atoms with Gasteiger partial charge in [-0.25, -0.2) is 14.0 Å². The van der Waals surface area contributed by atoms with Gasteiger partial charge in [-0.15, -0.1) is 0 Å². The number of cyclic esters (lactones) is 1. The van der Waals surface area contributed by atoms with Crippen molar-refractivity contribution in [1.82, 2.24) is 20.7 Å². The van der Waals surface area contributed by atoms with Gasteiger partial charge in [-0.3, -0.25) is 29.9 Å². The zero-order valence-corrected chi connectivity index (χ0v) is 21.0. The van der Waals surface area contributed by atoms with E-state index in [0.29, 0.717) is 5.56 Å². The topological polar surface area (TPSA) is 154 Å². The number of ether oxygens (including phenoxy) is 1. The van der Waals surface area contributed by atoms with E-state index in [-0.39, 0.29) is 54.0 Å². The van der Waals surface area contributed by atoms with E-state index in [1.807, 2.05) is 0 Å². The van der Waals surface area contributed by atoms with Crippen molar-refractivity contribution < 1.29 is 37.6 Å². The predicted molar refractivity (Wildman–Crippen MR) is 128 cm³/mol. The number of carbonyl (C=O) groups excluding carboxylic acids is 5. The van der Waals surface area contributed by atoms with Crippen LogP contribution in [-0.2, 0) is 25.5 Å². The molecule has 4 aliphatic rings. The Labute approximate surface area is 215 Å². The first kappa shape index (κ1) is 24.1. The smallest absolute Gasteiger partial charge is 0.416 e. The molecule has 2 N–H and O–H groups in total. The SMILES string of the molecule is CC(=O)N1[C@H](C)CN2c3c(cc4c(N5C(=O)OC[C@@H]5C)noc4c3F)CC3(C(=O)NC(=O)NC3=O)[C@H]2[C@@H]1C. The summed E-state index contributed by atoms with van der Waals surface area (Å²) in [6, 6.07) is -1.86. The number of rotatable bonds is 1. The van der Waals surface area contributed by atoms with Crippen LogP contribution in [0.2, 0.25) is 0 Å². The van der Waals surface area contributed by atoms with E-state index in [1.165, 1.54) is 11.8 Å². The van der Waals surface area contributed by atoms with Crippen LogP contribution in [0.5, 0.6) is 0 Å². The van der Waals surface area contributed by atoms with Crippen LogP contribution >= 0.6 is 0 Å². The molecular weight excluding hydrogens is 503 g/mol. The monoisotopic (exact) mass is 528 g/mol. The summed E-state index contributed by atoms with van der Waals surface area (Å²) in [5.41, 5.74) is -1.63. The van der Waals surface area contributed by atoms with E-state index in [4.69, 9.17) is 9.26 Å². The molecule has 0 radical (unpaired) electrons. The molecule has 5 heterocycles. The molecule has 4 aliphatic heterocycles. The number of nitrogens with zero attached hydrogens (tertiary/aromatic N) is 4. The highest BCUT2D eigenvalue weighted by molar-refractivity contribution is 6.20. The number of amides is 6. The predicted octanol–water partition coefficient (Wildman–Crippen LogP) is 1.03. The Kier molecular flexibility index (Phi) is 5.01. The average Bonchev–Trinajstić information content (AvgIpc) is 3.38. The zero-order valence-electron chi connectivity index (χ0n) is 21.0. The number of nitrogens with one attached hydrogen (secondary N) is 2. The molecule has 4 atom stereocenters. The van der Waals surface area contributed by atoms with Crippen molar-refractivity contribution in [2.24, 2.45) is 5.41 Å². The van der Waals surface area contributed by atoms with Crippen molar-refractivity contribution in [1.29, 1.82) is 0 Å². The molecule has 1 aromatic carbocycles. The van der Waals surface area contributed by atoms with Crippen molar-refractivity contribution in [3.8, 4) is 0 Å². The first-order valence-corrected chi connectivity index (χ1v) is 12.3.